The number of aliphatic hydroxyl groups is 1. The van der Waals surface area contributed by atoms with Crippen molar-refractivity contribution in [2.24, 2.45) is 11.8 Å². The van der Waals surface area contributed by atoms with Gasteiger partial charge in [-0.05, 0) is 45.2 Å². The summed E-state index contributed by atoms with van der Waals surface area (Å²) in [5.41, 5.74) is 0. The van der Waals surface area contributed by atoms with E-state index in [9.17, 15) is 0 Å². The van der Waals surface area contributed by atoms with Gasteiger partial charge in [0, 0.05) is 13.2 Å². The predicted molar refractivity (Wildman–Crippen MR) is 46.5 cm³/mol. The second-order valence-electron chi connectivity index (χ2n) is 3.99. The molecule has 66 valence electrons. The van der Waals surface area contributed by atoms with Gasteiger partial charge in [-0.2, -0.15) is 0 Å². The van der Waals surface area contributed by atoms with Crippen LogP contribution in [0.2, 0.25) is 0 Å². The molecule has 0 spiro atoms. The smallest absolute Gasteiger partial charge is 0.0459 e. The molecule has 11 heavy (non-hydrogen) atoms. The summed E-state index contributed by atoms with van der Waals surface area (Å²) in [5, 5.41) is 8.90. The van der Waals surface area contributed by atoms with E-state index in [4.69, 9.17) is 5.11 Å². The minimum Gasteiger partial charge on any atom is -0.396 e. The van der Waals surface area contributed by atoms with E-state index >= 15 is 0 Å². The molecule has 0 saturated heterocycles. The fourth-order valence-corrected chi connectivity index (χ4v) is 2.03. The molecule has 0 aromatic rings. The third kappa shape index (κ3) is 2.80. The van der Waals surface area contributed by atoms with Gasteiger partial charge in [0.15, 0.2) is 0 Å². The Bertz CT molecular complexity index is 114. The summed E-state index contributed by atoms with van der Waals surface area (Å²) in [6.07, 6.45) is 3.77. The molecule has 1 rings (SSSR count). The van der Waals surface area contributed by atoms with Crippen LogP contribution in [0.4, 0.5) is 0 Å². The normalized spacial score (nSPS) is 31.6. The van der Waals surface area contributed by atoms with E-state index in [1.54, 1.807) is 0 Å². The van der Waals surface area contributed by atoms with Gasteiger partial charge in [0.2, 0.25) is 0 Å². The van der Waals surface area contributed by atoms with E-state index in [2.05, 4.69) is 19.0 Å². The first-order valence-corrected chi connectivity index (χ1v) is 4.48. The summed E-state index contributed by atoms with van der Waals surface area (Å²) in [6, 6.07) is 0. The number of hydrogen-bond acceptors (Lipinski definition) is 2. The number of nitrogens with zero attached hydrogens (tertiary/aromatic N) is 1. The first kappa shape index (κ1) is 9.01. The second kappa shape index (κ2) is 4.07. The molecule has 2 nitrogen and oxygen atoms in total. The van der Waals surface area contributed by atoms with Gasteiger partial charge in [0.1, 0.15) is 0 Å². The Balaban J connectivity index is 2.19. The molecule has 0 aromatic carbocycles. The highest BCUT2D eigenvalue weighted by atomic mass is 16.3. The molecule has 1 aliphatic rings. The average molecular weight is 157 g/mol. The van der Waals surface area contributed by atoms with E-state index in [-0.39, 0.29) is 0 Å². The molecule has 1 aliphatic carbocycles. The molecular formula is C9H19NO. The van der Waals surface area contributed by atoms with Crippen molar-refractivity contribution in [1.29, 1.82) is 0 Å². The number of hydrogen-bond donors (Lipinski definition) is 1. The third-order valence-corrected chi connectivity index (χ3v) is 2.53. The van der Waals surface area contributed by atoms with Gasteiger partial charge in [-0.25, -0.2) is 0 Å². The molecule has 0 radical (unpaired) electrons. The van der Waals surface area contributed by atoms with Crippen molar-refractivity contribution in [3.63, 3.8) is 0 Å². The molecule has 0 heterocycles. The van der Waals surface area contributed by atoms with E-state index in [1.165, 1.54) is 25.8 Å². The van der Waals surface area contributed by atoms with Crippen LogP contribution in [0.15, 0.2) is 0 Å². The quantitative estimate of drug-likeness (QED) is 0.659. The monoisotopic (exact) mass is 157 g/mol. The molecule has 1 N–H and O–H groups in total. The summed E-state index contributed by atoms with van der Waals surface area (Å²) < 4.78 is 0. The number of rotatable bonds is 3. The van der Waals surface area contributed by atoms with Crippen molar-refractivity contribution in [2.45, 2.75) is 19.3 Å². The minimum atomic E-state index is 0.393. The largest absolute Gasteiger partial charge is 0.396 e. The van der Waals surface area contributed by atoms with Crippen molar-refractivity contribution in [1.82, 2.24) is 4.90 Å². The highest BCUT2D eigenvalue weighted by Gasteiger charge is 2.23. The summed E-state index contributed by atoms with van der Waals surface area (Å²) >= 11 is 0. The highest BCUT2D eigenvalue weighted by molar-refractivity contribution is 4.76. The highest BCUT2D eigenvalue weighted by Crippen LogP contribution is 2.30. The third-order valence-electron chi connectivity index (χ3n) is 2.53. The molecular weight excluding hydrogens is 138 g/mol. The molecule has 2 heteroatoms. The first-order valence-electron chi connectivity index (χ1n) is 4.48. The maximum Gasteiger partial charge on any atom is 0.0459 e. The molecule has 0 aliphatic heterocycles. The van der Waals surface area contributed by atoms with Crippen LogP contribution >= 0.6 is 0 Å². The topological polar surface area (TPSA) is 23.5 Å². The van der Waals surface area contributed by atoms with Crippen LogP contribution in [-0.2, 0) is 0 Å². The van der Waals surface area contributed by atoms with Crippen LogP contribution in [0, 0.1) is 11.8 Å². The Hall–Kier alpha value is -0.0800. The van der Waals surface area contributed by atoms with Crippen molar-refractivity contribution in [3.8, 4) is 0 Å². The van der Waals surface area contributed by atoms with Crippen LogP contribution in [0.1, 0.15) is 19.3 Å². The molecule has 1 fully saturated rings. The van der Waals surface area contributed by atoms with Gasteiger partial charge in [-0.1, -0.05) is 0 Å². The summed E-state index contributed by atoms with van der Waals surface area (Å²) in [7, 11) is 4.23. The van der Waals surface area contributed by atoms with E-state index in [0.717, 1.165) is 5.92 Å². The predicted octanol–water partition coefficient (Wildman–Crippen LogP) is 0.957. The lowest BCUT2D eigenvalue weighted by molar-refractivity contribution is 0.222. The van der Waals surface area contributed by atoms with Crippen molar-refractivity contribution < 1.29 is 5.11 Å². The maximum atomic E-state index is 8.90. The van der Waals surface area contributed by atoms with Crippen LogP contribution in [-0.4, -0.2) is 37.3 Å². The zero-order chi connectivity index (χ0) is 8.27. The van der Waals surface area contributed by atoms with Gasteiger partial charge in [-0.15, -0.1) is 0 Å². The fraction of sp³-hybridized carbons (Fsp3) is 1.00. The van der Waals surface area contributed by atoms with Crippen LogP contribution < -0.4 is 0 Å². The summed E-state index contributed by atoms with van der Waals surface area (Å²) in [4.78, 5) is 2.24. The van der Waals surface area contributed by atoms with Crippen molar-refractivity contribution >= 4 is 0 Å². The number of aliphatic hydroxyl groups excluding tert-OH is 1. The van der Waals surface area contributed by atoms with Gasteiger partial charge >= 0.3 is 0 Å². The molecule has 0 aromatic heterocycles. The van der Waals surface area contributed by atoms with E-state index in [1.807, 2.05) is 0 Å². The average Bonchev–Trinajstić information content (AvgIpc) is 2.34. The van der Waals surface area contributed by atoms with Crippen LogP contribution in [0.25, 0.3) is 0 Å². The van der Waals surface area contributed by atoms with Crippen molar-refractivity contribution in [2.75, 3.05) is 27.2 Å². The zero-order valence-corrected chi connectivity index (χ0v) is 7.58. The lowest BCUT2D eigenvalue weighted by Gasteiger charge is -2.15. The lowest BCUT2D eigenvalue weighted by Crippen LogP contribution is -2.20. The summed E-state index contributed by atoms with van der Waals surface area (Å²) in [5.74, 6) is 1.43. The Labute approximate surface area is 69.2 Å². The molecule has 2 atom stereocenters. The maximum absolute atomic E-state index is 8.90. The van der Waals surface area contributed by atoms with Gasteiger partial charge < -0.3 is 10.0 Å². The fourth-order valence-electron chi connectivity index (χ4n) is 2.03. The Morgan fingerprint density at radius 2 is 1.91 bits per heavy atom. The van der Waals surface area contributed by atoms with E-state index in [0.29, 0.717) is 12.5 Å². The lowest BCUT2D eigenvalue weighted by atomic mass is 10.1. The van der Waals surface area contributed by atoms with Crippen molar-refractivity contribution in [3.05, 3.63) is 0 Å². The zero-order valence-electron chi connectivity index (χ0n) is 7.58. The first-order chi connectivity index (χ1) is 5.22. The van der Waals surface area contributed by atoms with E-state index < -0.39 is 0 Å². The Morgan fingerprint density at radius 1 is 1.27 bits per heavy atom. The molecule has 1 saturated carbocycles. The standard InChI is InChI=1S/C9H19NO/c1-10(2)6-8-3-4-9(5-8)7-11/h8-9,11H,3-7H2,1-2H3. The Morgan fingerprint density at radius 3 is 2.36 bits per heavy atom. The molecule has 2 unspecified atom stereocenters. The second-order valence-corrected chi connectivity index (χ2v) is 3.99. The summed E-state index contributed by atoms with van der Waals surface area (Å²) in [6.45, 7) is 1.58. The molecule has 0 bridgehead atoms. The van der Waals surface area contributed by atoms with Crippen LogP contribution in [0.3, 0.4) is 0 Å². The Kier molecular flexibility index (Phi) is 3.34. The van der Waals surface area contributed by atoms with Crippen LogP contribution in [0.5, 0.6) is 0 Å². The van der Waals surface area contributed by atoms with Gasteiger partial charge in [0.05, 0.1) is 0 Å². The van der Waals surface area contributed by atoms with Gasteiger partial charge in [0.25, 0.3) is 0 Å². The SMILES string of the molecule is CN(C)CC1CCC(CO)C1. The molecule has 0 amide bonds. The minimum absolute atomic E-state index is 0.393. The van der Waals surface area contributed by atoms with Gasteiger partial charge in [-0.3, -0.25) is 0 Å².